The number of ether oxygens (including phenoxy) is 1. The van der Waals surface area contributed by atoms with Crippen molar-refractivity contribution >= 4 is 12.1 Å². The van der Waals surface area contributed by atoms with Crippen molar-refractivity contribution in [3.05, 3.63) is 36.5 Å². The Hall–Kier alpha value is -1.48. The third-order valence-corrected chi connectivity index (χ3v) is 2.07. The Morgan fingerprint density at radius 3 is 2.67 bits per heavy atom. The molecular weight excluding hydrogens is 192 g/mol. The Labute approximate surface area is 89.1 Å². The SMILES string of the molecule is CC1(OCC/C=C/C=O)C=CC(=O)C=C1. The molecule has 0 saturated heterocycles. The van der Waals surface area contributed by atoms with Crippen LogP contribution in [0.15, 0.2) is 36.5 Å². The van der Waals surface area contributed by atoms with Crippen LogP contribution in [0.2, 0.25) is 0 Å². The number of hydrogen-bond acceptors (Lipinski definition) is 3. The largest absolute Gasteiger partial charge is 0.367 e. The zero-order chi connectivity index (χ0) is 11.1. The lowest BCUT2D eigenvalue weighted by Gasteiger charge is -2.24. The van der Waals surface area contributed by atoms with Crippen LogP contribution in [0.5, 0.6) is 0 Å². The summed E-state index contributed by atoms with van der Waals surface area (Å²) in [5.74, 6) is -0.0167. The predicted molar refractivity (Wildman–Crippen MR) is 57.5 cm³/mol. The van der Waals surface area contributed by atoms with E-state index < -0.39 is 5.60 Å². The van der Waals surface area contributed by atoms with Gasteiger partial charge < -0.3 is 4.74 Å². The second kappa shape index (κ2) is 5.41. The molecule has 0 spiro atoms. The van der Waals surface area contributed by atoms with E-state index in [2.05, 4.69) is 0 Å². The molecule has 0 fully saturated rings. The maximum Gasteiger partial charge on any atom is 0.178 e. The topological polar surface area (TPSA) is 43.4 Å². The summed E-state index contributed by atoms with van der Waals surface area (Å²) in [5, 5.41) is 0. The molecule has 3 nitrogen and oxygen atoms in total. The van der Waals surface area contributed by atoms with Gasteiger partial charge in [-0.2, -0.15) is 0 Å². The van der Waals surface area contributed by atoms with E-state index in [-0.39, 0.29) is 5.78 Å². The van der Waals surface area contributed by atoms with Crippen LogP contribution in [0.25, 0.3) is 0 Å². The number of allylic oxidation sites excluding steroid dienone is 3. The van der Waals surface area contributed by atoms with E-state index in [1.54, 1.807) is 18.2 Å². The molecule has 0 bridgehead atoms. The predicted octanol–water partition coefficient (Wildman–Crippen LogP) is 1.60. The van der Waals surface area contributed by atoms with Crippen LogP contribution >= 0.6 is 0 Å². The molecule has 3 heteroatoms. The quantitative estimate of drug-likeness (QED) is 0.390. The molecule has 0 aromatic heterocycles. The van der Waals surface area contributed by atoms with Gasteiger partial charge in [-0.25, -0.2) is 0 Å². The van der Waals surface area contributed by atoms with Crippen LogP contribution < -0.4 is 0 Å². The molecule has 0 unspecified atom stereocenters. The van der Waals surface area contributed by atoms with E-state index in [1.165, 1.54) is 18.2 Å². The van der Waals surface area contributed by atoms with Gasteiger partial charge in [-0.15, -0.1) is 0 Å². The number of rotatable bonds is 5. The summed E-state index contributed by atoms with van der Waals surface area (Å²) in [5.41, 5.74) is -0.497. The fourth-order valence-electron chi connectivity index (χ4n) is 1.20. The van der Waals surface area contributed by atoms with Crippen LogP contribution in [0.1, 0.15) is 13.3 Å². The average molecular weight is 206 g/mol. The summed E-state index contributed by atoms with van der Waals surface area (Å²) in [4.78, 5) is 20.9. The van der Waals surface area contributed by atoms with Crippen molar-refractivity contribution < 1.29 is 14.3 Å². The fraction of sp³-hybridized carbons (Fsp3) is 0.333. The zero-order valence-electron chi connectivity index (χ0n) is 8.68. The number of aldehydes is 1. The van der Waals surface area contributed by atoms with E-state index >= 15 is 0 Å². The van der Waals surface area contributed by atoms with E-state index in [4.69, 9.17) is 4.74 Å². The van der Waals surface area contributed by atoms with Gasteiger partial charge in [0.1, 0.15) is 11.9 Å². The van der Waals surface area contributed by atoms with Crippen molar-refractivity contribution in [3.63, 3.8) is 0 Å². The molecular formula is C12H14O3. The lowest BCUT2D eigenvalue weighted by molar-refractivity contribution is -0.111. The molecule has 0 heterocycles. The summed E-state index contributed by atoms with van der Waals surface area (Å²) in [6.07, 6.45) is 11.1. The highest BCUT2D eigenvalue weighted by Crippen LogP contribution is 2.18. The van der Waals surface area contributed by atoms with Crippen molar-refractivity contribution in [2.45, 2.75) is 18.9 Å². The minimum atomic E-state index is -0.497. The monoisotopic (exact) mass is 206 g/mol. The summed E-state index contributed by atoms with van der Waals surface area (Å²) >= 11 is 0. The lowest BCUT2D eigenvalue weighted by Crippen LogP contribution is -2.26. The smallest absolute Gasteiger partial charge is 0.178 e. The molecule has 80 valence electrons. The van der Waals surface area contributed by atoms with Crippen LogP contribution in [-0.2, 0) is 14.3 Å². The van der Waals surface area contributed by atoms with Crippen LogP contribution in [0.4, 0.5) is 0 Å². The molecule has 0 aromatic carbocycles. The summed E-state index contributed by atoms with van der Waals surface area (Å²) in [6.45, 7) is 2.40. The standard InChI is InChI=1S/C12H14O3/c1-12(7-5-11(14)6-8-12)15-10-4-2-3-9-13/h2-3,5-9H,4,10H2,1H3/b3-2+. The van der Waals surface area contributed by atoms with Gasteiger partial charge >= 0.3 is 0 Å². The molecule has 0 N–H and O–H groups in total. The summed E-state index contributed by atoms with van der Waals surface area (Å²) < 4.78 is 5.57. The van der Waals surface area contributed by atoms with Crippen molar-refractivity contribution in [2.75, 3.05) is 6.61 Å². The second-order valence-corrected chi connectivity index (χ2v) is 3.45. The second-order valence-electron chi connectivity index (χ2n) is 3.45. The van der Waals surface area contributed by atoms with E-state index in [9.17, 15) is 9.59 Å². The lowest BCUT2D eigenvalue weighted by atomic mass is 10.00. The van der Waals surface area contributed by atoms with Crippen LogP contribution in [0.3, 0.4) is 0 Å². The summed E-state index contributed by atoms with van der Waals surface area (Å²) in [6, 6.07) is 0. The Balaban J connectivity index is 2.35. The Morgan fingerprint density at radius 1 is 1.40 bits per heavy atom. The van der Waals surface area contributed by atoms with Crippen molar-refractivity contribution in [2.24, 2.45) is 0 Å². The minimum Gasteiger partial charge on any atom is -0.367 e. The van der Waals surface area contributed by atoms with Gasteiger partial charge in [0.2, 0.25) is 0 Å². The third-order valence-electron chi connectivity index (χ3n) is 2.07. The first-order valence-corrected chi connectivity index (χ1v) is 4.83. The molecule has 0 aliphatic heterocycles. The van der Waals surface area contributed by atoms with Crippen molar-refractivity contribution in [1.29, 1.82) is 0 Å². The van der Waals surface area contributed by atoms with Gasteiger partial charge in [0, 0.05) is 0 Å². The number of hydrogen-bond donors (Lipinski definition) is 0. The van der Waals surface area contributed by atoms with Gasteiger partial charge in [0.05, 0.1) is 6.61 Å². The van der Waals surface area contributed by atoms with E-state index in [0.717, 1.165) is 6.29 Å². The fourth-order valence-corrected chi connectivity index (χ4v) is 1.20. The Morgan fingerprint density at radius 2 is 2.07 bits per heavy atom. The molecule has 0 radical (unpaired) electrons. The zero-order valence-corrected chi connectivity index (χ0v) is 8.68. The van der Waals surface area contributed by atoms with Crippen LogP contribution in [-0.4, -0.2) is 24.3 Å². The Bertz CT molecular complexity index is 308. The maximum absolute atomic E-state index is 10.9. The Kier molecular flexibility index (Phi) is 4.18. The van der Waals surface area contributed by atoms with Gasteiger partial charge in [0.15, 0.2) is 5.78 Å². The molecule has 1 aliphatic rings. The van der Waals surface area contributed by atoms with Gasteiger partial charge in [-0.3, -0.25) is 9.59 Å². The minimum absolute atomic E-state index is 0.0167. The number of carbonyl (C=O) groups is 2. The van der Waals surface area contributed by atoms with E-state index in [0.29, 0.717) is 13.0 Å². The van der Waals surface area contributed by atoms with Gasteiger partial charge in [-0.05, 0) is 43.7 Å². The molecule has 15 heavy (non-hydrogen) atoms. The maximum atomic E-state index is 10.9. The molecule has 0 atom stereocenters. The number of carbonyl (C=O) groups excluding carboxylic acids is 2. The third kappa shape index (κ3) is 4.04. The highest BCUT2D eigenvalue weighted by Gasteiger charge is 2.20. The van der Waals surface area contributed by atoms with Crippen LogP contribution in [0, 0.1) is 0 Å². The first-order valence-electron chi connectivity index (χ1n) is 4.83. The van der Waals surface area contributed by atoms with Crippen molar-refractivity contribution in [3.8, 4) is 0 Å². The highest BCUT2D eigenvalue weighted by molar-refractivity contribution is 6.00. The average Bonchev–Trinajstić information content (AvgIpc) is 2.23. The van der Waals surface area contributed by atoms with E-state index in [1.807, 2.05) is 6.92 Å². The first kappa shape index (κ1) is 11.6. The number of ketones is 1. The van der Waals surface area contributed by atoms with Gasteiger partial charge in [-0.1, -0.05) is 6.08 Å². The molecule has 0 aromatic rings. The van der Waals surface area contributed by atoms with Gasteiger partial charge in [0.25, 0.3) is 0 Å². The first-order chi connectivity index (χ1) is 7.16. The summed E-state index contributed by atoms with van der Waals surface area (Å²) in [7, 11) is 0. The molecule has 0 amide bonds. The molecule has 0 saturated carbocycles. The van der Waals surface area contributed by atoms with Crippen molar-refractivity contribution in [1.82, 2.24) is 0 Å². The highest BCUT2D eigenvalue weighted by atomic mass is 16.5. The molecule has 1 rings (SSSR count). The normalized spacial score (nSPS) is 18.6. The molecule has 1 aliphatic carbocycles.